The van der Waals surface area contributed by atoms with Crippen LogP contribution in [-0.2, 0) is 6.42 Å². The van der Waals surface area contributed by atoms with Crippen molar-refractivity contribution in [1.29, 1.82) is 0 Å². The molecule has 0 amide bonds. The van der Waals surface area contributed by atoms with Gasteiger partial charge in [-0.25, -0.2) is 0 Å². The van der Waals surface area contributed by atoms with Crippen molar-refractivity contribution in [2.45, 2.75) is 51.5 Å². The van der Waals surface area contributed by atoms with Gasteiger partial charge in [-0.2, -0.15) is 0 Å². The fourth-order valence-electron chi connectivity index (χ4n) is 3.65. The largest absolute Gasteiger partial charge is 0.314 e. The van der Waals surface area contributed by atoms with Gasteiger partial charge in [-0.1, -0.05) is 50.5 Å². The number of nitrogens with zero attached hydrogens (tertiary/aromatic N) is 1. The lowest BCUT2D eigenvalue weighted by atomic mass is 9.90. The molecule has 1 aromatic heterocycles. The minimum atomic E-state index is 0.672. The Hall–Kier alpha value is -1.41. The Morgan fingerprint density at radius 2 is 1.90 bits per heavy atom. The first-order valence-corrected chi connectivity index (χ1v) is 8.45. The van der Waals surface area contributed by atoms with Gasteiger partial charge in [-0.05, 0) is 43.9 Å². The molecule has 1 aromatic carbocycles. The number of benzene rings is 1. The van der Waals surface area contributed by atoms with E-state index >= 15 is 0 Å². The van der Waals surface area contributed by atoms with Crippen molar-refractivity contribution < 1.29 is 0 Å². The van der Waals surface area contributed by atoms with E-state index in [-0.39, 0.29) is 0 Å². The van der Waals surface area contributed by atoms with Crippen LogP contribution in [0.15, 0.2) is 36.4 Å². The van der Waals surface area contributed by atoms with E-state index in [4.69, 9.17) is 4.98 Å². The highest BCUT2D eigenvalue weighted by Crippen LogP contribution is 2.26. The van der Waals surface area contributed by atoms with Crippen LogP contribution in [-0.4, -0.2) is 17.6 Å². The number of hydrogen-bond acceptors (Lipinski definition) is 2. The van der Waals surface area contributed by atoms with Crippen LogP contribution in [0.3, 0.4) is 0 Å². The van der Waals surface area contributed by atoms with Crippen molar-refractivity contribution in [3.05, 3.63) is 42.1 Å². The highest BCUT2D eigenvalue weighted by Gasteiger charge is 2.23. The lowest BCUT2D eigenvalue weighted by Gasteiger charge is -2.25. The monoisotopic (exact) mass is 282 g/mol. The molecule has 1 aliphatic rings. The highest BCUT2D eigenvalue weighted by molar-refractivity contribution is 5.78. The van der Waals surface area contributed by atoms with Crippen LogP contribution in [0.1, 0.15) is 44.7 Å². The molecule has 0 bridgehead atoms. The van der Waals surface area contributed by atoms with Crippen LogP contribution in [0.4, 0.5) is 0 Å². The van der Waals surface area contributed by atoms with Crippen LogP contribution >= 0.6 is 0 Å². The third kappa shape index (κ3) is 3.62. The first-order chi connectivity index (χ1) is 10.4. The maximum atomic E-state index is 4.87. The van der Waals surface area contributed by atoms with Gasteiger partial charge in [0.2, 0.25) is 0 Å². The van der Waals surface area contributed by atoms with E-state index in [9.17, 15) is 0 Å². The van der Waals surface area contributed by atoms with Crippen LogP contribution < -0.4 is 5.32 Å². The molecule has 1 fully saturated rings. The molecule has 112 valence electrons. The van der Waals surface area contributed by atoms with Gasteiger partial charge in [0.05, 0.1) is 5.52 Å². The second-order valence-corrected chi connectivity index (χ2v) is 6.26. The van der Waals surface area contributed by atoms with E-state index in [2.05, 4.69) is 48.6 Å². The fraction of sp³-hybridized carbons (Fsp3) is 0.526. The molecular weight excluding hydrogens is 256 g/mol. The molecular formula is C19H26N2. The molecule has 2 atom stereocenters. The molecule has 1 heterocycles. The molecule has 0 spiro atoms. The van der Waals surface area contributed by atoms with Gasteiger partial charge in [0, 0.05) is 17.1 Å². The topological polar surface area (TPSA) is 24.9 Å². The molecule has 1 aliphatic carbocycles. The van der Waals surface area contributed by atoms with E-state index in [0.717, 1.165) is 24.4 Å². The highest BCUT2D eigenvalue weighted by atomic mass is 14.9. The van der Waals surface area contributed by atoms with E-state index in [0.29, 0.717) is 6.04 Å². The summed E-state index contributed by atoms with van der Waals surface area (Å²) in [5.41, 5.74) is 2.38. The number of para-hydroxylation sites is 1. The lowest BCUT2D eigenvalue weighted by molar-refractivity contribution is 0.335. The van der Waals surface area contributed by atoms with Crippen LogP contribution in [0.5, 0.6) is 0 Å². The number of pyridine rings is 1. The average Bonchev–Trinajstić information content (AvgIpc) is 2.73. The van der Waals surface area contributed by atoms with E-state index < -0.39 is 0 Å². The Labute approximate surface area is 128 Å². The van der Waals surface area contributed by atoms with Gasteiger partial charge < -0.3 is 5.32 Å². The SMILES string of the molecule is CCNC1CCCCCC1Cc1ccc2ccccc2n1. The van der Waals surface area contributed by atoms with Gasteiger partial charge in [-0.15, -0.1) is 0 Å². The molecule has 1 saturated carbocycles. The van der Waals surface area contributed by atoms with Crippen LogP contribution in [0.2, 0.25) is 0 Å². The van der Waals surface area contributed by atoms with Crippen LogP contribution in [0.25, 0.3) is 10.9 Å². The third-order valence-electron chi connectivity index (χ3n) is 4.75. The minimum Gasteiger partial charge on any atom is -0.314 e. The zero-order chi connectivity index (χ0) is 14.5. The Morgan fingerprint density at radius 1 is 1.05 bits per heavy atom. The maximum Gasteiger partial charge on any atom is 0.0705 e. The van der Waals surface area contributed by atoms with E-state index in [1.54, 1.807) is 0 Å². The summed E-state index contributed by atoms with van der Waals surface area (Å²) in [5.74, 6) is 0.737. The maximum absolute atomic E-state index is 4.87. The van der Waals surface area contributed by atoms with E-state index in [1.807, 2.05) is 0 Å². The Morgan fingerprint density at radius 3 is 2.81 bits per heavy atom. The number of aromatic nitrogens is 1. The van der Waals surface area contributed by atoms with Gasteiger partial charge in [0.15, 0.2) is 0 Å². The summed E-state index contributed by atoms with van der Waals surface area (Å²) in [7, 11) is 0. The van der Waals surface area contributed by atoms with Crippen molar-refractivity contribution in [3.63, 3.8) is 0 Å². The summed E-state index contributed by atoms with van der Waals surface area (Å²) >= 11 is 0. The molecule has 1 N–H and O–H groups in total. The number of fused-ring (bicyclic) bond motifs is 1. The van der Waals surface area contributed by atoms with Gasteiger partial charge >= 0.3 is 0 Å². The standard InChI is InChI=1S/C19H26N2/c1-2-20-18-10-5-3-4-9-16(18)14-17-13-12-15-8-6-7-11-19(15)21-17/h6-8,11-13,16,18,20H,2-5,9-10,14H2,1H3. The Balaban J connectivity index is 1.78. The van der Waals surface area contributed by atoms with E-state index in [1.165, 1.54) is 43.2 Å². The van der Waals surface area contributed by atoms with Gasteiger partial charge in [0.25, 0.3) is 0 Å². The van der Waals surface area contributed by atoms with Crippen molar-refractivity contribution >= 4 is 10.9 Å². The molecule has 2 heteroatoms. The molecule has 2 unspecified atom stereocenters. The summed E-state index contributed by atoms with van der Waals surface area (Å²) < 4.78 is 0. The first-order valence-electron chi connectivity index (χ1n) is 8.45. The Bertz CT molecular complexity index is 579. The smallest absolute Gasteiger partial charge is 0.0705 e. The first kappa shape index (κ1) is 14.5. The van der Waals surface area contributed by atoms with Gasteiger partial charge in [0.1, 0.15) is 0 Å². The summed E-state index contributed by atoms with van der Waals surface area (Å²) in [5, 5.41) is 4.95. The van der Waals surface area contributed by atoms with Crippen molar-refractivity contribution in [2.24, 2.45) is 5.92 Å². The molecule has 2 aromatic rings. The predicted octanol–water partition coefficient (Wildman–Crippen LogP) is 4.34. The zero-order valence-corrected chi connectivity index (χ0v) is 13.0. The number of rotatable bonds is 4. The second-order valence-electron chi connectivity index (χ2n) is 6.26. The normalized spacial score (nSPS) is 23.1. The van der Waals surface area contributed by atoms with Crippen molar-refractivity contribution in [3.8, 4) is 0 Å². The quantitative estimate of drug-likeness (QED) is 0.844. The zero-order valence-electron chi connectivity index (χ0n) is 13.0. The average molecular weight is 282 g/mol. The molecule has 0 radical (unpaired) electrons. The summed E-state index contributed by atoms with van der Waals surface area (Å²) in [6.07, 6.45) is 7.92. The predicted molar refractivity (Wildman–Crippen MR) is 89.5 cm³/mol. The molecule has 0 saturated heterocycles. The van der Waals surface area contributed by atoms with Crippen LogP contribution in [0, 0.1) is 5.92 Å². The number of nitrogens with one attached hydrogen (secondary N) is 1. The lowest BCUT2D eigenvalue weighted by Crippen LogP contribution is -2.36. The van der Waals surface area contributed by atoms with Gasteiger partial charge in [-0.3, -0.25) is 4.98 Å². The molecule has 0 aliphatic heterocycles. The van der Waals surface area contributed by atoms with Crippen molar-refractivity contribution in [1.82, 2.24) is 10.3 Å². The summed E-state index contributed by atoms with van der Waals surface area (Å²) in [4.78, 5) is 4.87. The molecule has 3 rings (SSSR count). The second kappa shape index (κ2) is 7.04. The summed E-state index contributed by atoms with van der Waals surface area (Å²) in [6.45, 7) is 3.29. The summed E-state index contributed by atoms with van der Waals surface area (Å²) in [6, 6.07) is 13.5. The van der Waals surface area contributed by atoms with Crippen molar-refractivity contribution in [2.75, 3.05) is 6.54 Å². The third-order valence-corrected chi connectivity index (χ3v) is 4.75. The molecule has 21 heavy (non-hydrogen) atoms. The Kier molecular flexibility index (Phi) is 4.87. The fourth-order valence-corrected chi connectivity index (χ4v) is 3.65. The molecule has 2 nitrogen and oxygen atoms in total. The number of hydrogen-bond donors (Lipinski definition) is 1. The minimum absolute atomic E-state index is 0.672.